The van der Waals surface area contributed by atoms with Crippen LogP contribution in [0, 0.1) is 0 Å². The molecule has 2 unspecified atom stereocenters. The number of hydrogen-bond donors (Lipinski definition) is 5. The molecule has 1 aliphatic heterocycles. The average molecular weight is 353 g/mol. The normalized spacial score (nSPS) is 26.0. The Kier molecular flexibility index (Phi) is 4.57. The van der Waals surface area contributed by atoms with Crippen LogP contribution in [-0.4, -0.2) is 67.3 Å². The van der Waals surface area contributed by atoms with Crippen molar-refractivity contribution in [2.75, 3.05) is 24.6 Å². The summed E-state index contributed by atoms with van der Waals surface area (Å²) in [4.78, 5) is 23.3. The minimum Gasteiger partial charge on any atom is -0.447 e. The summed E-state index contributed by atoms with van der Waals surface area (Å²) in [5.74, 6) is 0.0290. The molecule has 0 spiro atoms. The molecule has 12 nitrogen and oxygen atoms in total. The van der Waals surface area contributed by atoms with Crippen molar-refractivity contribution in [3.8, 4) is 0 Å². The van der Waals surface area contributed by atoms with Gasteiger partial charge in [0.05, 0.1) is 6.33 Å². The van der Waals surface area contributed by atoms with Crippen LogP contribution in [0.25, 0.3) is 11.2 Å². The number of nitrogen functional groups attached to an aromatic ring is 2. The largest absolute Gasteiger partial charge is 0.447 e. The summed E-state index contributed by atoms with van der Waals surface area (Å²) >= 11 is 0. The Morgan fingerprint density at radius 1 is 1.40 bits per heavy atom. The second kappa shape index (κ2) is 6.66. The van der Waals surface area contributed by atoms with E-state index in [0.29, 0.717) is 12.1 Å². The topological polar surface area (TPSA) is 184 Å². The fraction of sp³-hybridized carbons (Fsp3) is 0.538. The summed E-state index contributed by atoms with van der Waals surface area (Å²) in [6.07, 6.45) is -3.78. The number of amides is 1. The van der Waals surface area contributed by atoms with Gasteiger partial charge in [-0.25, -0.2) is 9.78 Å². The van der Waals surface area contributed by atoms with Gasteiger partial charge < -0.3 is 36.5 Å². The summed E-state index contributed by atoms with van der Waals surface area (Å²) in [5.41, 5.74) is 11.9. The van der Waals surface area contributed by atoms with E-state index in [2.05, 4.69) is 20.3 Å². The average Bonchev–Trinajstić information content (AvgIpc) is 3.09. The predicted octanol–water partition coefficient (Wildman–Crippen LogP) is -1.64. The fourth-order valence-electron chi connectivity index (χ4n) is 2.59. The quantitative estimate of drug-likeness (QED) is 0.427. The van der Waals surface area contributed by atoms with Gasteiger partial charge in [0.2, 0.25) is 5.95 Å². The zero-order valence-electron chi connectivity index (χ0n) is 13.4. The van der Waals surface area contributed by atoms with Crippen molar-refractivity contribution < 1.29 is 24.5 Å². The minimum atomic E-state index is -1.29. The number of aromatic nitrogens is 4. The van der Waals surface area contributed by atoms with Crippen LogP contribution >= 0.6 is 0 Å². The lowest BCUT2D eigenvalue weighted by molar-refractivity contribution is -0.0532. The summed E-state index contributed by atoms with van der Waals surface area (Å²) in [6.45, 7) is 1.92. The predicted molar refractivity (Wildman–Crippen MR) is 85.1 cm³/mol. The van der Waals surface area contributed by atoms with Gasteiger partial charge in [0.25, 0.3) is 0 Å². The zero-order chi connectivity index (χ0) is 18.1. The van der Waals surface area contributed by atoms with E-state index in [0.717, 1.165) is 0 Å². The van der Waals surface area contributed by atoms with E-state index >= 15 is 0 Å². The van der Waals surface area contributed by atoms with Gasteiger partial charge >= 0.3 is 6.09 Å². The molecular weight excluding hydrogens is 334 g/mol. The summed E-state index contributed by atoms with van der Waals surface area (Å²) in [5, 5.41) is 22.9. The highest BCUT2D eigenvalue weighted by Gasteiger charge is 2.45. The minimum absolute atomic E-state index is 0.0593. The Labute approximate surface area is 141 Å². The van der Waals surface area contributed by atoms with Crippen molar-refractivity contribution in [3.63, 3.8) is 0 Å². The number of hydrogen-bond acceptors (Lipinski definition) is 10. The molecule has 1 fully saturated rings. The first-order chi connectivity index (χ1) is 11.9. The Morgan fingerprint density at radius 3 is 2.88 bits per heavy atom. The van der Waals surface area contributed by atoms with Gasteiger partial charge in [-0.2, -0.15) is 9.97 Å². The van der Waals surface area contributed by atoms with Crippen LogP contribution in [0.3, 0.4) is 0 Å². The van der Waals surface area contributed by atoms with E-state index in [1.807, 2.05) is 0 Å². The van der Waals surface area contributed by atoms with E-state index in [1.165, 1.54) is 10.9 Å². The van der Waals surface area contributed by atoms with Crippen molar-refractivity contribution in [1.29, 1.82) is 0 Å². The number of aliphatic hydroxyl groups is 2. The van der Waals surface area contributed by atoms with Gasteiger partial charge in [-0.15, -0.1) is 0 Å². The first-order valence-corrected chi connectivity index (χ1v) is 7.60. The van der Waals surface area contributed by atoms with Gasteiger partial charge in [-0.05, 0) is 6.92 Å². The number of nitrogens with two attached hydrogens (primary N) is 2. The highest BCUT2D eigenvalue weighted by Crippen LogP contribution is 2.32. The van der Waals surface area contributed by atoms with Crippen LogP contribution in [0.1, 0.15) is 13.2 Å². The SMILES string of the molecule is CCNC(=O)OC[C@H]1O[C@@H](n2cnc3c(N)nc(N)nc32)C(O)C1O. The van der Waals surface area contributed by atoms with Crippen molar-refractivity contribution in [1.82, 2.24) is 24.8 Å². The molecule has 4 atom stereocenters. The molecule has 1 amide bonds. The van der Waals surface area contributed by atoms with Crippen LogP contribution in [0.15, 0.2) is 6.33 Å². The molecule has 2 aromatic rings. The Bertz CT molecular complexity index is 781. The molecule has 0 radical (unpaired) electrons. The maximum atomic E-state index is 11.4. The molecule has 0 bridgehead atoms. The van der Waals surface area contributed by atoms with Gasteiger partial charge in [0.1, 0.15) is 30.4 Å². The maximum absolute atomic E-state index is 11.4. The van der Waals surface area contributed by atoms with E-state index in [9.17, 15) is 15.0 Å². The number of anilines is 2. The Hall–Kier alpha value is -2.70. The summed E-state index contributed by atoms with van der Waals surface area (Å²) in [6, 6.07) is 0. The molecule has 12 heteroatoms. The van der Waals surface area contributed by atoms with Crippen LogP contribution in [0.5, 0.6) is 0 Å². The smallest absolute Gasteiger partial charge is 0.407 e. The third kappa shape index (κ3) is 3.14. The van der Waals surface area contributed by atoms with Gasteiger partial charge in [0, 0.05) is 6.54 Å². The lowest BCUT2D eigenvalue weighted by Crippen LogP contribution is -2.35. The van der Waals surface area contributed by atoms with E-state index in [4.69, 9.17) is 20.9 Å². The standard InChI is InChI=1S/C13H19N7O5/c1-2-16-13(23)24-3-5-7(21)8(22)11(25-5)20-4-17-6-9(14)18-12(15)19-10(6)20/h4-5,7-8,11,21-22H,2-3H2,1H3,(H,16,23)(H4,14,15,18,19)/t5-,7?,8?,11-/m1/s1. The number of rotatable bonds is 4. The summed E-state index contributed by atoms with van der Waals surface area (Å²) in [7, 11) is 0. The number of aliphatic hydroxyl groups excluding tert-OH is 2. The maximum Gasteiger partial charge on any atom is 0.407 e. The highest BCUT2D eigenvalue weighted by atomic mass is 16.6. The molecule has 0 aliphatic carbocycles. The number of imidazole rings is 1. The van der Waals surface area contributed by atoms with Gasteiger partial charge in [-0.1, -0.05) is 0 Å². The van der Waals surface area contributed by atoms with Crippen LogP contribution < -0.4 is 16.8 Å². The molecule has 0 aromatic carbocycles. The summed E-state index contributed by atoms with van der Waals surface area (Å²) < 4.78 is 12.0. The Balaban J connectivity index is 1.80. The number of nitrogens with one attached hydrogen (secondary N) is 1. The second-order valence-corrected chi connectivity index (χ2v) is 5.47. The van der Waals surface area contributed by atoms with E-state index in [1.54, 1.807) is 6.92 Å². The van der Waals surface area contributed by atoms with Crippen LogP contribution in [0.2, 0.25) is 0 Å². The molecule has 136 valence electrons. The van der Waals surface area contributed by atoms with Crippen molar-refractivity contribution in [2.45, 2.75) is 31.5 Å². The Morgan fingerprint density at radius 2 is 2.16 bits per heavy atom. The molecule has 3 rings (SSSR count). The van der Waals surface area contributed by atoms with Crippen molar-refractivity contribution in [3.05, 3.63) is 6.33 Å². The molecule has 1 saturated heterocycles. The number of nitrogens with zero attached hydrogens (tertiary/aromatic N) is 4. The molecule has 2 aromatic heterocycles. The van der Waals surface area contributed by atoms with Gasteiger partial charge in [-0.3, -0.25) is 4.57 Å². The number of carbonyl (C=O) groups is 1. The first kappa shape index (κ1) is 17.1. The third-order valence-corrected chi connectivity index (χ3v) is 3.78. The van der Waals surface area contributed by atoms with Crippen LogP contribution in [0.4, 0.5) is 16.6 Å². The van der Waals surface area contributed by atoms with Crippen LogP contribution in [-0.2, 0) is 9.47 Å². The lowest BCUT2D eigenvalue weighted by atomic mass is 10.1. The molecule has 7 N–H and O–H groups in total. The zero-order valence-corrected chi connectivity index (χ0v) is 13.4. The van der Waals surface area contributed by atoms with Crippen molar-refractivity contribution >= 4 is 29.0 Å². The fourth-order valence-corrected chi connectivity index (χ4v) is 2.59. The number of carbonyl (C=O) groups excluding carboxylic acids is 1. The monoisotopic (exact) mass is 353 g/mol. The molecule has 1 aliphatic rings. The molecule has 0 saturated carbocycles. The van der Waals surface area contributed by atoms with Gasteiger partial charge in [0.15, 0.2) is 17.7 Å². The van der Waals surface area contributed by atoms with E-state index < -0.39 is 30.6 Å². The third-order valence-electron chi connectivity index (χ3n) is 3.78. The van der Waals surface area contributed by atoms with Crippen molar-refractivity contribution in [2.24, 2.45) is 0 Å². The molecular formula is C13H19N7O5. The van der Waals surface area contributed by atoms with E-state index in [-0.39, 0.29) is 24.0 Å². The second-order valence-electron chi connectivity index (χ2n) is 5.47. The molecule has 25 heavy (non-hydrogen) atoms. The highest BCUT2D eigenvalue weighted by molar-refractivity contribution is 5.82. The first-order valence-electron chi connectivity index (χ1n) is 7.60. The lowest BCUT2D eigenvalue weighted by Gasteiger charge is -2.16. The number of ether oxygens (including phenoxy) is 2. The number of fused-ring (bicyclic) bond motifs is 1. The molecule has 3 heterocycles. The number of alkyl carbamates (subject to hydrolysis) is 1.